The zero-order chi connectivity index (χ0) is 14.2. The van der Waals surface area contributed by atoms with E-state index in [1.165, 1.54) is 36.8 Å². The normalized spacial score (nSPS) is 11.7. The van der Waals surface area contributed by atoms with Crippen molar-refractivity contribution < 1.29 is 0 Å². The molecule has 0 spiro atoms. The molecule has 0 bridgehead atoms. The fourth-order valence-electron chi connectivity index (χ4n) is 2.62. The molecule has 1 nitrogen and oxygen atoms in total. The Morgan fingerprint density at radius 1 is 0.857 bits per heavy atom. The number of aryl methyl sites for hydroxylation is 1. The highest BCUT2D eigenvalue weighted by molar-refractivity contribution is 5.39. The summed E-state index contributed by atoms with van der Waals surface area (Å²) in [7, 11) is 0. The predicted octanol–water partition coefficient (Wildman–Crippen LogP) is 5.50. The van der Waals surface area contributed by atoms with E-state index in [2.05, 4.69) is 49.4 Å². The smallest absolute Gasteiger partial charge is 0.0314 e. The second-order valence-electron chi connectivity index (χ2n) is 5.78. The maximum absolute atomic E-state index is 5.71. The first-order chi connectivity index (χ1) is 9.74. The van der Waals surface area contributed by atoms with Crippen LogP contribution in [0.5, 0.6) is 0 Å². The fraction of sp³-hybridized carbons (Fsp3) is 0.400. The third-order valence-electron chi connectivity index (χ3n) is 3.82. The molecule has 0 saturated carbocycles. The van der Waals surface area contributed by atoms with Crippen molar-refractivity contribution in [2.45, 2.75) is 46.5 Å². The van der Waals surface area contributed by atoms with Gasteiger partial charge in [0.15, 0.2) is 0 Å². The van der Waals surface area contributed by atoms with Crippen LogP contribution in [0.4, 0.5) is 5.69 Å². The summed E-state index contributed by atoms with van der Waals surface area (Å²) in [6.45, 7) is 2.35. The molecular weight excluding hydrogens is 254 g/mol. The Hall–Kier alpha value is -1.76. The van der Waals surface area contributed by atoms with Crippen LogP contribution in [0, 0.1) is 5.92 Å². The first-order valence-corrected chi connectivity index (χ1v) is 7.62. The van der Waals surface area contributed by atoms with Crippen molar-refractivity contribution in [1.29, 1.82) is 0 Å². The standard InChI is InChI=1S/C19H25N.CH4/c1-16(15-18-11-13-19(20)14-12-18)7-5-6-10-17-8-3-2-4-9-17;/h2-4,8-9,11-14,16H,5-7,10,15,20H2,1H3;1H4. The Balaban J connectivity index is 0.00000220. The number of nitrogen functional groups attached to an aromatic ring is 1. The van der Waals surface area contributed by atoms with Crippen LogP contribution >= 0.6 is 0 Å². The van der Waals surface area contributed by atoms with E-state index in [0.29, 0.717) is 0 Å². The molecular formula is C20H29N. The summed E-state index contributed by atoms with van der Waals surface area (Å²) in [4.78, 5) is 0. The molecule has 0 fully saturated rings. The van der Waals surface area contributed by atoms with Gasteiger partial charge >= 0.3 is 0 Å². The summed E-state index contributed by atoms with van der Waals surface area (Å²) in [6, 6.07) is 19.1. The van der Waals surface area contributed by atoms with E-state index < -0.39 is 0 Å². The van der Waals surface area contributed by atoms with E-state index >= 15 is 0 Å². The van der Waals surface area contributed by atoms with Crippen LogP contribution in [-0.4, -0.2) is 0 Å². The summed E-state index contributed by atoms with van der Waals surface area (Å²) < 4.78 is 0. The van der Waals surface area contributed by atoms with Crippen molar-refractivity contribution >= 4 is 5.69 Å². The molecule has 1 unspecified atom stereocenters. The van der Waals surface area contributed by atoms with Gasteiger partial charge < -0.3 is 5.73 Å². The van der Waals surface area contributed by atoms with Crippen molar-refractivity contribution in [3.63, 3.8) is 0 Å². The number of nitrogens with two attached hydrogens (primary N) is 1. The van der Waals surface area contributed by atoms with Crippen molar-refractivity contribution in [1.82, 2.24) is 0 Å². The number of rotatable bonds is 7. The van der Waals surface area contributed by atoms with Gasteiger partial charge in [0.05, 0.1) is 0 Å². The van der Waals surface area contributed by atoms with Crippen molar-refractivity contribution in [3.05, 3.63) is 65.7 Å². The third kappa shape index (κ3) is 6.48. The van der Waals surface area contributed by atoms with Crippen LogP contribution < -0.4 is 5.73 Å². The Kier molecular flexibility index (Phi) is 7.60. The number of unbranched alkanes of at least 4 members (excludes halogenated alkanes) is 1. The number of anilines is 1. The molecule has 0 aromatic heterocycles. The molecule has 21 heavy (non-hydrogen) atoms. The van der Waals surface area contributed by atoms with E-state index in [0.717, 1.165) is 18.0 Å². The minimum Gasteiger partial charge on any atom is -0.399 e. The average Bonchev–Trinajstić information content (AvgIpc) is 2.47. The summed E-state index contributed by atoms with van der Waals surface area (Å²) in [5, 5.41) is 0. The highest BCUT2D eigenvalue weighted by Gasteiger charge is 2.04. The minimum absolute atomic E-state index is 0. The van der Waals surface area contributed by atoms with Crippen LogP contribution in [0.1, 0.15) is 44.7 Å². The summed E-state index contributed by atoms with van der Waals surface area (Å²) >= 11 is 0. The third-order valence-corrected chi connectivity index (χ3v) is 3.82. The van der Waals surface area contributed by atoms with Gasteiger partial charge in [0, 0.05) is 5.69 Å². The largest absolute Gasteiger partial charge is 0.399 e. The highest BCUT2D eigenvalue weighted by Crippen LogP contribution is 2.17. The zero-order valence-electron chi connectivity index (χ0n) is 12.4. The lowest BCUT2D eigenvalue weighted by molar-refractivity contribution is 0.496. The lowest BCUT2D eigenvalue weighted by atomic mass is 9.95. The van der Waals surface area contributed by atoms with Crippen molar-refractivity contribution in [3.8, 4) is 0 Å². The lowest BCUT2D eigenvalue weighted by Gasteiger charge is -2.11. The molecule has 0 heterocycles. The van der Waals surface area contributed by atoms with Gasteiger partial charge in [0.25, 0.3) is 0 Å². The molecule has 2 N–H and O–H groups in total. The van der Waals surface area contributed by atoms with Gasteiger partial charge in [-0.25, -0.2) is 0 Å². The predicted molar refractivity (Wildman–Crippen MR) is 94.5 cm³/mol. The first kappa shape index (κ1) is 17.3. The first-order valence-electron chi connectivity index (χ1n) is 7.62. The highest BCUT2D eigenvalue weighted by atomic mass is 14.5. The average molecular weight is 283 g/mol. The number of hydrogen-bond acceptors (Lipinski definition) is 1. The van der Waals surface area contributed by atoms with Crippen LogP contribution in [0.2, 0.25) is 0 Å². The maximum atomic E-state index is 5.71. The molecule has 0 radical (unpaired) electrons. The zero-order valence-corrected chi connectivity index (χ0v) is 12.4. The monoisotopic (exact) mass is 283 g/mol. The summed E-state index contributed by atoms with van der Waals surface area (Å²) in [5.74, 6) is 0.745. The van der Waals surface area contributed by atoms with Gasteiger partial charge in [-0.2, -0.15) is 0 Å². The second-order valence-corrected chi connectivity index (χ2v) is 5.78. The quantitative estimate of drug-likeness (QED) is 0.527. The number of benzene rings is 2. The molecule has 114 valence electrons. The van der Waals surface area contributed by atoms with Gasteiger partial charge in [-0.15, -0.1) is 0 Å². The van der Waals surface area contributed by atoms with Gasteiger partial charge in [-0.3, -0.25) is 0 Å². The molecule has 2 rings (SSSR count). The summed E-state index contributed by atoms with van der Waals surface area (Å²) in [6.07, 6.45) is 6.26. The Morgan fingerprint density at radius 2 is 1.52 bits per heavy atom. The van der Waals surface area contributed by atoms with E-state index in [4.69, 9.17) is 5.73 Å². The topological polar surface area (TPSA) is 26.0 Å². The molecule has 0 aliphatic heterocycles. The SMILES string of the molecule is C.CC(CCCCc1ccccc1)Cc1ccc(N)cc1. The molecule has 0 aliphatic rings. The van der Waals surface area contributed by atoms with Gasteiger partial charge in [-0.05, 0) is 48.4 Å². The van der Waals surface area contributed by atoms with E-state index in [1.807, 2.05) is 12.1 Å². The van der Waals surface area contributed by atoms with Gasteiger partial charge in [0.2, 0.25) is 0 Å². The molecule has 1 atom stereocenters. The van der Waals surface area contributed by atoms with E-state index in [1.54, 1.807) is 0 Å². The maximum Gasteiger partial charge on any atom is 0.0314 e. The van der Waals surface area contributed by atoms with Crippen molar-refractivity contribution in [2.24, 2.45) is 5.92 Å². The van der Waals surface area contributed by atoms with E-state index in [9.17, 15) is 0 Å². The Morgan fingerprint density at radius 3 is 2.19 bits per heavy atom. The number of hydrogen-bond donors (Lipinski definition) is 1. The van der Waals surface area contributed by atoms with Gasteiger partial charge in [0.1, 0.15) is 0 Å². The molecule has 1 heteroatoms. The van der Waals surface area contributed by atoms with E-state index in [-0.39, 0.29) is 7.43 Å². The molecule has 0 amide bonds. The Bertz CT molecular complexity index is 487. The fourth-order valence-corrected chi connectivity index (χ4v) is 2.62. The molecule has 0 saturated heterocycles. The van der Waals surface area contributed by atoms with Crippen LogP contribution in [0.3, 0.4) is 0 Å². The second kappa shape index (κ2) is 9.23. The van der Waals surface area contributed by atoms with Crippen LogP contribution in [0.15, 0.2) is 54.6 Å². The molecule has 2 aromatic rings. The van der Waals surface area contributed by atoms with Crippen LogP contribution in [0.25, 0.3) is 0 Å². The summed E-state index contributed by atoms with van der Waals surface area (Å²) in [5.41, 5.74) is 9.42. The molecule has 0 aliphatic carbocycles. The van der Waals surface area contributed by atoms with Crippen LogP contribution in [-0.2, 0) is 12.8 Å². The minimum atomic E-state index is 0. The van der Waals surface area contributed by atoms with Gasteiger partial charge in [-0.1, -0.05) is 69.7 Å². The lowest BCUT2D eigenvalue weighted by Crippen LogP contribution is -2.00. The van der Waals surface area contributed by atoms with Crippen molar-refractivity contribution in [2.75, 3.05) is 5.73 Å². The Labute approximate surface area is 130 Å². The molecule has 2 aromatic carbocycles.